The molecule has 2 aliphatic heterocycles. The number of nitrogens with one attached hydrogen (secondary N) is 1. The Labute approximate surface area is 261 Å². The maximum Gasteiger partial charge on any atom is 0.262 e. The van der Waals surface area contributed by atoms with Gasteiger partial charge in [-0.1, -0.05) is 6.07 Å². The van der Waals surface area contributed by atoms with E-state index in [2.05, 4.69) is 21.4 Å². The number of fused-ring (bicyclic) bond motifs is 2. The predicted octanol–water partition coefficient (Wildman–Crippen LogP) is 3.89. The van der Waals surface area contributed by atoms with Gasteiger partial charge in [-0.15, -0.1) is 0 Å². The predicted molar refractivity (Wildman–Crippen MR) is 169 cm³/mol. The summed E-state index contributed by atoms with van der Waals surface area (Å²) >= 11 is 0. The standard InChI is InChI=1S/C34H37N7O4/c35-32(43)28(6-3-15-42)41-33(44)25-10-9-23(18-26(25)34(41)45)36-12-1-4-20-16-24(17-20)40-19-27(29(39-40)22-7-8-22)31-30-21(11-14-38-31)5-2-13-37-30/h2,5,9-11,13-15,18,20,22,24,27-28,36H,1,3-4,6-8,12,16-17,19H2,(H2,35,43). The zero-order chi connectivity index (χ0) is 31.1. The van der Waals surface area contributed by atoms with Crippen LogP contribution in [0.3, 0.4) is 0 Å². The van der Waals surface area contributed by atoms with Gasteiger partial charge in [-0.25, -0.2) is 0 Å². The number of benzene rings is 1. The second-order valence-corrected chi connectivity index (χ2v) is 12.7. The SMILES string of the molecule is NC(=O)C(CCC=O)N1C(=O)c2ccc(NCCCC3CC(N4CC(c5nccc6cccnc56)C(C5CC5)=N4)C3)cc2C1=O. The molecule has 2 unspecified atom stereocenters. The lowest BCUT2D eigenvalue weighted by Crippen LogP contribution is -2.47. The third kappa shape index (κ3) is 5.55. The lowest BCUT2D eigenvalue weighted by Gasteiger charge is -2.40. The molecule has 2 saturated carbocycles. The van der Waals surface area contributed by atoms with Crippen molar-refractivity contribution >= 4 is 46.3 Å². The topological polar surface area (TPSA) is 151 Å². The fourth-order valence-corrected chi connectivity index (χ4v) is 7.10. The molecule has 1 aromatic carbocycles. The molecule has 0 spiro atoms. The van der Waals surface area contributed by atoms with Crippen LogP contribution in [0.1, 0.15) is 83.7 Å². The first kappa shape index (κ1) is 29.1. The number of rotatable bonds is 13. The van der Waals surface area contributed by atoms with Crippen molar-refractivity contribution in [3.05, 3.63) is 65.6 Å². The minimum absolute atomic E-state index is 0.0166. The number of hydrazone groups is 1. The molecule has 11 nitrogen and oxygen atoms in total. The zero-order valence-electron chi connectivity index (χ0n) is 25.1. The van der Waals surface area contributed by atoms with Crippen molar-refractivity contribution in [3.8, 4) is 0 Å². The highest BCUT2D eigenvalue weighted by Gasteiger charge is 2.44. The summed E-state index contributed by atoms with van der Waals surface area (Å²) in [4.78, 5) is 59.1. The Hall–Kier alpha value is -4.67. The van der Waals surface area contributed by atoms with E-state index in [1.165, 1.54) is 18.6 Å². The summed E-state index contributed by atoms with van der Waals surface area (Å²) in [6.45, 7) is 1.62. The van der Waals surface area contributed by atoms with Gasteiger partial charge in [0.2, 0.25) is 5.91 Å². The Kier molecular flexibility index (Phi) is 7.76. The van der Waals surface area contributed by atoms with Crippen LogP contribution in [0.2, 0.25) is 0 Å². The lowest BCUT2D eigenvalue weighted by molar-refractivity contribution is -0.122. The van der Waals surface area contributed by atoms with Crippen molar-refractivity contribution in [1.29, 1.82) is 0 Å². The Morgan fingerprint density at radius 3 is 2.67 bits per heavy atom. The molecule has 0 bridgehead atoms. The maximum absolute atomic E-state index is 13.1. The molecule has 11 heteroatoms. The number of anilines is 1. The van der Waals surface area contributed by atoms with E-state index in [0.717, 1.165) is 66.0 Å². The normalized spacial score (nSPS) is 23.1. The maximum atomic E-state index is 13.1. The molecule has 2 fully saturated rings. The number of imide groups is 1. The average Bonchev–Trinajstić information content (AvgIpc) is 3.74. The molecule has 7 rings (SSSR count). The van der Waals surface area contributed by atoms with Crippen molar-refractivity contribution in [2.24, 2.45) is 22.7 Å². The summed E-state index contributed by atoms with van der Waals surface area (Å²) in [6, 6.07) is 10.4. The molecule has 3 N–H and O–H groups in total. The van der Waals surface area contributed by atoms with Gasteiger partial charge in [0.05, 0.1) is 40.5 Å². The van der Waals surface area contributed by atoms with Gasteiger partial charge in [0.1, 0.15) is 12.3 Å². The second-order valence-electron chi connectivity index (χ2n) is 12.7. The summed E-state index contributed by atoms with van der Waals surface area (Å²) in [6.07, 6.45) is 11.2. The first-order valence-corrected chi connectivity index (χ1v) is 16.0. The lowest BCUT2D eigenvalue weighted by atomic mass is 9.77. The van der Waals surface area contributed by atoms with E-state index in [9.17, 15) is 19.2 Å². The Bertz CT molecular complexity index is 1690. The van der Waals surface area contributed by atoms with Crippen LogP contribution in [0.4, 0.5) is 5.69 Å². The van der Waals surface area contributed by atoms with Crippen molar-refractivity contribution < 1.29 is 19.2 Å². The number of hydrogen-bond donors (Lipinski definition) is 2. The smallest absolute Gasteiger partial charge is 0.262 e. The number of amides is 3. The molecule has 3 amide bonds. The number of primary amides is 1. The van der Waals surface area contributed by atoms with Crippen LogP contribution in [0.25, 0.3) is 10.9 Å². The first-order valence-electron chi connectivity index (χ1n) is 16.0. The summed E-state index contributed by atoms with van der Waals surface area (Å²) in [5.41, 5.74) is 10.0. The van der Waals surface area contributed by atoms with Crippen molar-refractivity contribution in [1.82, 2.24) is 19.9 Å². The summed E-state index contributed by atoms with van der Waals surface area (Å²) in [5, 5.41) is 12.0. The quantitative estimate of drug-likeness (QED) is 0.169. The average molecular weight is 608 g/mol. The molecule has 2 aliphatic carbocycles. The molecule has 2 aromatic heterocycles. The molecule has 0 radical (unpaired) electrons. The molecule has 0 saturated heterocycles. The summed E-state index contributed by atoms with van der Waals surface area (Å²) < 4.78 is 0. The van der Waals surface area contributed by atoms with E-state index < -0.39 is 23.8 Å². The van der Waals surface area contributed by atoms with Gasteiger partial charge in [-0.2, -0.15) is 5.10 Å². The van der Waals surface area contributed by atoms with Crippen molar-refractivity contribution in [2.45, 2.75) is 69.4 Å². The Morgan fingerprint density at radius 2 is 1.89 bits per heavy atom. The fourth-order valence-electron chi connectivity index (χ4n) is 7.10. The van der Waals surface area contributed by atoms with Crippen LogP contribution in [0.15, 0.2) is 53.9 Å². The highest BCUT2D eigenvalue weighted by molar-refractivity contribution is 6.23. The van der Waals surface area contributed by atoms with E-state index in [0.29, 0.717) is 24.2 Å². The second kappa shape index (κ2) is 12.0. The first-order chi connectivity index (χ1) is 21.9. The largest absolute Gasteiger partial charge is 0.385 e. The van der Waals surface area contributed by atoms with Gasteiger partial charge in [0.15, 0.2) is 0 Å². The number of pyridine rings is 2. The number of carbonyl (C=O) groups is 4. The number of aldehydes is 1. The van der Waals surface area contributed by atoms with Gasteiger partial charge in [-0.05, 0) is 87.1 Å². The van der Waals surface area contributed by atoms with E-state index >= 15 is 0 Å². The van der Waals surface area contributed by atoms with Crippen LogP contribution in [-0.4, -0.2) is 74.8 Å². The van der Waals surface area contributed by atoms with Crippen molar-refractivity contribution in [2.75, 3.05) is 18.4 Å². The number of nitrogens with zero attached hydrogens (tertiary/aromatic N) is 5. The Balaban J connectivity index is 0.905. The summed E-state index contributed by atoms with van der Waals surface area (Å²) in [5.74, 6) is -0.486. The number of aromatic nitrogens is 2. The molecule has 4 heterocycles. The highest BCUT2D eigenvalue weighted by atomic mass is 16.2. The molecular formula is C34H37N7O4. The van der Waals surface area contributed by atoms with E-state index in [-0.39, 0.29) is 29.9 Å². The third-order valence-corrected chi connectivity index (χ3v) is 9.71. The fraction of sp³-hybridized carbons (Fsp3) is 0.441. The van der Waals surface area contributed by atoms with Gasteiger partial charge < -0.3 is 15.8 Å². The minimum atomic E-state index is -1.14. The Morgan fingerprint density at radius 1 is 1.07 bits per heavy atom. The van der Waals surface area contributed by atoms with Gasteiger partial charge in [-0.3, -0.25) is 34.3 Å². The summed E-state index contributed by atoms with van der Waals surface area (Å²) in [7, 11) is 0. The van der Waals surface area contributed by atoms with Crippen molar-refractivity contribution in [3.63, 3.8) is 0 Å². The van der Waals surface area contributed by atoms with E-state index in [1.54, 1.807) is 18.2 Å². The van der Waals surface area contributed by atoms with Crippen LogP contribution in [-0.2, 0) is 9.59 Å². The van der Waals surface area contributed by atoms with Crippen LogP contribution in [0, 0.1) is 11.8 Å². The molecule has 4 aliphatic rings. The van der Waals surface area contributed by atoms with Gasteiger partial charge in [0.25, 0.3) is 11.8 Å². The van der Waals surface area contributed by atoms with Crippen LogP contribution in [0.5, 0.6) is 0 Å². The number of hydrogen-bond acceptors (Lipinski definition) is 9. The van der Waals surface area contributed by atoms with Crippen LogP contribution < -0.4 is 11.1 Å². The number of nitrogens with two attached hydrogens (primary N) is 1. The van der Waals surface area contributed by atoms with E-state index in [1.807, 2.05) is 24.5 Å². The van der Waals surface area contributed by atoms with Crippen LogP contribution >= 0.6 is 0 Å². The zero-order valence-corrected chi connectivity index (χ0v) is 25.1. The molecular weight excluding hydrogens is 570 g/mol. The van der Waals surface area contributed by atoms with Gasteiger partial charge in [0, 0.05) is 42.5 Å². The molecule has 232 valence electrons. The monoisotopic (exact) mass is 607 g/mol. The van der Waals surface area contributed by atoms with Gasteiger partial charge >= 0.3 is 0 Å². The minimum Gasteiger partial charge on any atom is -0.385 e. The third-order valence-electron chi connectivity index (χ3n) is 9.71. The van der Waals surface area contributed by atoms with E-state index in [4.69, 9.17) is 15.8 Å². The molecule has 45 heavy (non-hydrogen) atoms. The number of carbonyl (C=O) groups excluding carboxylic acids is 4. The molecule has 2 atom stereocenters. The highest BCUT2D eigenvalue weighted by Crippen LogP contribution is 2.44. The molecule has 3 aromatic rings.